The minimum Gasteiger partial charge on any atom is -0.489 e. The molecule has 2 rings (SSSR count). The first-order chi connectivity index (χ1) is 9.95. The van der Waals surface area contributed by atoms with Gasteiger partial charge in [-0.1, -0.05) is 47.9 Å². The maximum Gasteiger partial charge on any atom is 0.119 e. The molecule has 0 aromatic heterocycles. The van der Waals surface area contributed by atoms with Crippen molar-refractivity contribution in [2.24, 2.45) is 0 Å². The van der Waals surface area contributed by atoms with Crippen molar-refractivity contribution in [3.05, 3.63) is 84.3 Å². The Morgan fingerprint density at radius 3 is 1.45 bits per heavy atom. The molecule has 0 bridgehead atoms. The Morgan fingerprint density at radius 1 is 0.650 bits per heavy atom. The predicted molar refractivity (Wildman–Crippen MR) is 80.0 cm³/mol. The summed E-state index contributed by atoms with van der Waals surface area (Å²) in [6.45, 7) is 0.953. The Balaban J connectivity index is 1.70. The van der Waals surface area contributed by atoms with Crippen LogP contribution in [-0.4, -0.2) is 13.2 Å². The Hall–Kier alpha value is -2.66. The molecule has 0 fully saturated rings. The van der Waals surface area contributed by atoms with Crippen molar-refractivity contribution < 1.29 is 9.47 Å². The van der Waals surface area contributed by atoms with Crippen molar-refractivity contribution in [3.8, 4) is 11.5 Å². The zero-order chi connectivity index (χ0) is 13.9. The van der Waals surface area contributed by atoms with Crippen molar-refractivity contribution in [1.82, 2.24) is 0 Å². The molecule has 0 aliphatic carbocycles. The monoisotopic (exact) mass is 264 g/mol. The van der Waals surface area contributed by atoms with Gasteiger partial charge in [0.25, 0.3) is 0 Å². The molecule has 2 nitrogen and oxygen atoms in total. The number of ether oxygens (including phenoxy) is 2. The van der Waals surface area contributed by atoms with Crippen molar-refractivity contribution in [3.63, 3.8) is 0 Å². The average molecular weight is 264 g/mol. The van der Waals surface area contributed by atoms with Crippen LogP contribution < -0.4 is 9.47 Å². The van der Waals surface area contributed by atoms with Gasteiger partial charge in [-0.25, -0.2) is 0 Å². The topological polar surface area (TPSA) is 18.5 Å². The van der Waals surface area contributed by atoms with Crippen LogP contribution in [0.4, 0.5) is 0 Å². The number of para-hydroxylation sites is 2. The molecule has 0 radical (unpaired) electrons. The summed E-state index contributed by atoms with van der Waals surface area (Å²) in [5, 5.41) is 0. The van der Waals surface area contributed by atoms with E-state index in [1.165, 1.54) is 0 Å². The molecule has 2 aromatic rings. The van der Waals surface area contributed by atoms with E-state index in [2.05, 4.69) is 11.5 Å². The lowest BCUT2D eigenvalue weighted by atomic mass is 10.3. The van der Waals surface area contributed by atoms with E-state index in [0.29, 0.717) is 13.2 Å². The summed E-state index contributed by atoms with van der Waals surface area (Å²) in [6.07, 6.45) is 3.57. The van der Waals surface area contributed by atoms with Gasteiger partial charge in [0.05, 0.1) is 0 Å². The van der Waals surface area contributed by atoms with E-state index >= 15 is 0 Å². The second-order valence-electron chi connectivity index (χ2n) is 3.95. The highest BCUT2D eigenvalue weighted by Crippen LogP contribution is 2.08. The number of rotatable bonds is 6. The summed E-state index contributed by atoms with van der Waals surface area (Å²) in [7, 11) is 0. The molecule has 0 amide bonds. The van der Waals surface area contributed by atoms with Gasteiger partial charge in [0, 0.05) is 12.2 Å². The first-order valence-corrected chi connectivity index (χ1v) is 6.45. The molecule has 0 spiro atoms. The fourth-order valence-corrected chi connectivity index (χ4v) is 1.51. The van der Waals surface area contributed by atoms with Gasteiger partial charge >= 0.3 is 0 Å². The Bertz CT molecular complexity index is 534. The quantitative estimate of drug-likeness (QED) is 0.734. The largest absolute Gasteiger partial charge is 0.489 e. The molecule has 0 aliphatic heterocycles. The lowest BCUT2D eigenvalue weighted by Crippen LogP contribution is -1.92. The van der Waals surface area contributed by atoms with Gasteiger partial charge in [-0.3, -0.25) is 0 Å². The van der Waals surface area contributed by atoms with E-state index in [1.54, 1.807) is 12.2 Å². The molecule has 20 heavy (non-hydrogen) atoms. The van der Waals surface area contributed by atoms with E-state index in [0.717, 1.165) is 11.5 Å². The van der Waals surface area contributed by atoms with Gasteiger partial charge in [-0.05, 0) is 24.3 Å². The zero-order valence-corrected chi connectivity index (χ0v) is 11.2. The van der Waals surface area contributed by atoms with Crippen LogP contribution in [-0.2, 0) is 0 Å². The summed E-state index contributed by atoms with van der Waals surface area (Å²) in [5.74, 6) is 1.70. The highest BCUT2D eigenvalue weighted by atomic mass is 16.5. The van der Waals surface area contributed by atoms with Crippen LogP contribution in [0.3, 0.4) is 0 Å². The van der Waals surface area contributed by atoms with Crippen molar-refractivity contribution in [1.29, 1.82) is 0 Å². The Labute approximate surface area is 119 Å². The second kappa shape index (κ2) is 8.44. The van der Waals surface area contributed by atoms with Crippen molar-refractivity contribution >= 4 is 0 Å². The van der Waals surface area contributed by atoms with E-state index in [-0.39, 0.29) is 0 Å². The minimum atomic E-state index is 0.477. The first-order valence-electron chi connectivity index (χ1n) is 6.45. The highest BCUT2D eigenvalue weighted by Gasteiger charge is 1.87. The fourth-order valence-electron chi connectivity index (χ4n) is 1.51. The number of benzene rings is 2. The van der Waals surface area contributed by atoms with Crippen LogP contribution in [0, 0.1) is 0 Å². The summed E-state index contributed by atoms with van der Waals surface area (Å²) in [5.41, 5.74) is 5.81. The fraction of sp³-hybridized carbons (Fsp3) is 0.111. The van der Waals surface area contributed by atoms with Crippen LogP contribution in [0.25, 0.3) is 0 Å². The molecular weight excluding hydrogens is 248 g/mol. The van der Waals surface area contributed by atoms with Gasteiger partial charge in [-0.15, -0.1) is 0 Å². The average Bonchev–Trinajstić information content (AvgIpc) is 2.52. The normalized spacial score (nSPS) is 9.00. The summed E-state index contributed by atoms with van der Waals surface area (Å²) in [4.78, 5) is 0. The van der Waals surface area contributed by atoms with Crippen molar-refractivity contribution in [2.45, 2.75) is 0 Å². The molecule has 2 heteroatoms. The molecule has 2 aromatic carbocycles. The Kier molecular flexibility index (Phi) is 5.81. The van der Waals surface area contributed by atoms with E-state index in [1.807, 2.05) is 60.7 Å². The highest BCUT2D eigenvalue weighted by molar-refractivity contribution is 5.21. The molecule has 0 saturated heterocycles. The lowest BCUT2D eigenvalue weighted by Gasteiger charge is -2.00. The third kappa shape index (κ3) is 5.32. The minimum absolute atomic E-state index is 0.477. The maximum absolute atomic E-state index is 5.48. The molecular formula is C18H16O2. The SMILES string of the molecule is C(=C=CCOc1ccccc1)=CCOc1ccccc1. The first kappa shape index (κ1) is 13.8. The van der Waals surface area contributed by atoms with Gasteiger partial charge in [-0.2, -0.15) is 0 Å². The molecule has 0 N–H and O–H groups in total. The lowest BCUT2D eigenvalue weighted by molar-refractivity contribution is 0.362. The number of hydrogen-bond donors (Lipinski definition) is 0. The summed E-state index contributed by atoms with van der Waals surface area (Å²) in [6, 6.07) is 19.3. The third-order valence-corrected chi connectivity index (χ3v) is 2.44. The van der Waals surface area contributed by atoms with Gasteiger partial charge < -0.3 is 9.47 Å². The van der Waals surface area contributed by atoms with Crippen LogP contribution in [0.1, 0.15) is 0 Å². The molecule has 100 valence electrons. The summed E-state index contributed by atoms with van der Waals surface area (Å²) >= 11 is 0. The van der Waals surface area contributed by atoms with Gasteiger partial charge in [0.15, 0.2) is 0 Å². The smallest absolute Gasteiger partial charge is 0.119 e. The third-order valence-electron chi connectivity index (χ3n) is 2.44. The van der Waals surface area contributed by atoms with Crippen LogP contribution in [0.15, 0.2) is 84.3 Å². The maximum atomic E-state index is 5.48. The number of hydrogen-bond acceptors (Lipinski definition) is 2. The van der Waals surface area contributed by atoms with E-state index < -0.39 is 0 Å². The molecule has 0 saturated carbocycles. The molecule has 0 heterocycles. The zero-order valence-electron chi connectivity index (χ0n) is 11.2. The van der Waals surface area contributed by atoms with Crippen LogP contribution >= 0.6 is 0 Å². The van der Waals surface area contributed by atoms with Crippen LogP contribution in [0.5, 0.6) is 11.5 Å². The van der Waals surface area contributed by atoms with Gasteiger partial charge in [0.1, 0.15) is 24.7 Å². The molecule has 0 unspecified atom stereocenters. The molecule has 0 aliphatic rings. The predicted octanol–water partition coefficient (Wildman–Crippen LogP) is 4.01. The standard InChI is InChI=1S/C18H16O2/c1(9-15-19-17-11-5-3-6-12-17)2-10-16-20-18-13-7-4-8-14-18/h3-14H,15-16H2. The van der Waals surface area contributed by atoms with Crippen LogP contribution in [0.2, 0.25) is 0 Å². The van der Waals surface area contributed by atoms with E-state index in [4.69, 9.17) is 9.47 Å². The Morgan fingerprint density at radius 2 is 1.05 bits per heavy atom. The second-order valence-corrected chi connectivity index (χ2v) is 3.95. The van der Waals surface area contributed by atoms with Crippen molar-refractivity contribution in [2.75, 3.05) is 13.2 Å². The molecule has 0 atom stereocenters. The summed E-state index contributed by atoms with van der Waals surface area (Å²) < 4.78 is 11.0. The van der Waals surface area contributed by atoms with Gasteiger partial charge in [0.2, 0.25) is 0 Å². The van der Waals surface area contributed by atoms with E-state index in [9.17, 15) is 0 Å².